The number of quaternary nitrogens is 1. The molecule has 0 aliphatic carbocycles. The van der Waals surface area contributed by atoms with E-state index in [1.165, 1.54) is 70.6 Å². The maximum atomic E-state index is 12.7. The van der Waals surface area contributed by atoms with E-state index in [4.69, 9.17) is 18.5 Å². The molecule has 57 heavy (non-hydrogen) atoms. The van der Waals surface area contributed by atoms with Crippen LogP contribution in [-0.4, -0.2) is 74.9 Å². The Balaban J connectivity index is 4.40. The average molecular weight is 823 g/mol. The number of unbranched alkanes of at least 4 members (excludes halogenated alkanes) is 16. The maximum Gasteiger partial charge on any atom is 0.472 e. The molecule has 0 aliphatic heterocycles. The molecule has 0 fully saturated rings. The van der Waals surface area contributed by atoms with Gasteiger partial charge in [-0.2, -0.15) is 0 Å². The van der Waals surface area contributed by atoms with Gasteiger partial charge in [0, 0.05) is 12.8 Å². The molecule has 0 aromatic carbocycles. The van der Waals surface area contributed by atoms with Gasteiger partial charge in [-0.1, -0.05) is 164 Å². The van der Waals surface area contributed by atoms with E-state index in [9.17, 15) is 19.0 Å². The number of hydrogen-bond donors (Lipinski definition) is 1. The van der Waals surface area contributed by atoms with Crippen LogP contribution in [0.4, 0.5) is 0 Å². The normalized spacial score (nSPS) is 14.1. The van der Waals surface area contributed by atoms with Crippen LogP contribution in [0.5, 0.6) is 0 Å². The third-order valence-electron chi connectivity index (χ3n) is 9.31. The van der Waals surface area contributed by atoms with Crippen LogP contribution in [0.2, 0.25) is 0 Å². The molecule has 330 valence electrons. The van der Waals surface area contributed by atoms with Gasteiger partial charge in [0.1, 0.15) is 19.8 Å². The standard InChI is InChI=1S/C47H84NO8P/c1-6-8-10-12-14-16-18-20-22-23-24-25-26-28-29-31-33-35-37-39-46(49)53-43-45(44-55-57(51,52)54-42-41-48(3,4)5)56-47(50)40-38-36-34-32-30-27-21-19-17-15-13-11-9-7-2/h8,10,14,16,20,22,24-25,28-29,45H,6-7,9,11-13,15,17-19,21,23,26-27,30-44H2,1-5H3/p+1/b10-8+,16-14+,22-20+,25-24+,29-28+/t45-/m0/s1. The second kappa shape index (κ2) is 39.2. The second-order valence-corrected chi connectivity index (χ2v) is 17.5. The zero-order valence-electron chi connectivity index (χ0n) is 37.1. The Morgan fingerprint density at radius 2 is 1.00 bits per heavy atom. The minimum absolute atomic E-state index is 0.0247. The highest BCUT2D eigenvalue weighted by molar-refractivity contribution is 7.47. The van der Waals surface area contributed by atoms with E-state index in [1.807, 2.05) is 21.1 Å². The fraction of sp³-hybridized carbons (Fsp3) is 0.745. The van der Waals surface area contributed by atoms with Gasteiger partial charge in [0.2, 0.25) is 0 Å². The van der Waals surface area contributed by atoms with Gasteiger partial charge < -0.3 is 18.9 Å². The molecular weight excluding hydrogens is 737 g/mol. The first-order valence-electron chi connectivity index (χ1n) is 22.5. The Morgan fingerprint density at radius 1 is 0.561 bits per heavy atom. The molecule has 0 aliphatic rings. The van der Waals surface area contributed by atoms with Gasteiger partial charge in [-0.3, -0.25) is 18.6 Å². The molecule has 1 unspecified atom stereocenters. The number of phosphoric ester groups is 1. The zero-order chi connectivity index (χ0) is 42.1. The van der Waals surface area contributed by atoms with Crippen LogP contribution < -0.4 is 0 Å². The van der Waals surface area contributed by atoms with Crippen molar-refractivity contribution in [2.75, 3.05) is 47.5 Å². The monoisotopic (exact) mass is 823 g/mol. The summed E-state index contributed by atoms with van der Waals surface area (Å²) >= 11 is 0. The molecule has 0 bridgehead atoms. The van der Waals surface area contributed by atoms with Crippen LogP contribution >= 0.6 is 7.82 Å². The van der Waals surface area contributed by atoms with Gasteiger partial charge in [0.25, 0.3) is 0 Å². The van der Waals surface area contributed by atoms with Crippen molar-refractivity contribution in [1.29, 1.82) is 0 Å². The Hall–Kier alpha value is -2.29. The Bertz CT molecular complexity index is 1160. The lowest BCUT2D eigenvalue weighted by molar-refractivity contribution is -0.870. The number of carbonyl (C=O) groups is 2. The van der Waals surface area contributed by atoms with Crippen LogP contribution in [0, 0.1) is 0 Å². The molecule has 0 heterocycles. The summed E-state index contributed by atoms with van der Waals surface area (Å²) in [7, 11) is 1.45. The minimum Gasteiger partial charge on any atom is -0.462 e. The SMILES string of the molecule is CC/C=C/C/C=C/C/C=C/C/C=C/C/C=C/CCCCCC(=O)OC[C@@H](COP(=O)(O)OCC[N+](C)(C)C)OC(=O)CCCCCCCCCCCCCCCC. The Morgan fingerprint density at radius 3 is 1.49 bits per heavy atom. The van der Waals surface area contributed by atoms with Gasteiger partial charge in [0.15, 0.2) is 6.10 Å². The van der Waals surface area contributed by atoms with Crippen LogP contribution in [-0.2, 0) is 32.7 Å². The van der Waals surface area contributed by atoms with Crippen molar-refractivity contribution in [2.24, 2.45) is 0 Å². The summed E-state index contributed by atoms with van der Waals surface area (Å²) in [6.07, 6.45) is 46.9. The second-order valence-electron chi connectivity index (χ2n) is 16.1. The summed E-state index contributed by atoms with van der Waals surface area (Å²) in [5.41, 5.74) is 0. The lowest BCUT2D eigenvalue weighted by Gasteiger charge is -2.24. The molecule has 0 amide bonds. The molecule has 9 nitrogen and oxygen atoms in total. The molecule has 0 spiro atoms. The van der Waals surface area contributed by atoms with Crippen LogP contribution in [0.3, 0.4) is 0 Å². The molecule has 2 atom stereocenters. The van der Waals surface area contributed by atoms with E-state index in [1.54, 1.807) is 0 Å². The summed E-state index contributed by atoms with van der Waals surface area (Å²) < 4.78 is 34.3. The molecule has 0 rings (SSSR count). The van der Waals surface area contributed by atoms with E-state index < -0.39 is 32.5 Å². The lowest BCUT2D eigenvalue weighted by Crippen LogP contribution is -2.37. The summed E-state index contributed by atoms with van der Waals surface area (Å²) in [5, 5.41) is 0. The number of nitrogens with zero attached hydrogens (tertiary/aromatic N) is 1. The van der Waals surface area contributed by atoms with Gasteiger partial charge in [-0.05, 0) is 57.8 Å². The first-order valence-corrected chi connectivity index (χ1v) is 24.0. The quantitative estimate of drug-likeness (QED) is 0.0214. The maximum absolute atomic E-state index is 12.7. The van der Waals surface area contributed by atoms with Crippen molar-refractivity contribution in [1.82, 2.24) is 0 Å². The van der Waals surface area contributed by atoms with Crippen LogP contribution in [0.25, 0.3) is 0 Å². The van der Waals surface area contributed by atoms with Gasteiger partial charge in [-0.25, -0.2) is 4.57 Å². The van der Waals surface area contributed by atoms with Crippen molar-refractivity contribution in [3.8, 4) is 0 Å². The van der Waals surface area contributed by atoms with Crippen LogP contribution in [0.1, 0.15) is 174 Å². The first kappa shape index (κ1) is 54.7. The molecule has 1 N–H and O–H groups in total. The molecule has 0 saturated carbocycles. The van der Waals surface area contributed by atoms with Crippen molar-refractivity contribution in [3.63, 3.8) is 0 Å². The predicted octanol–water partition coefficient (Wildman–Crippen LogP) is 12.9. The fourth-order valence-corrected chi connectivity index (χ4v) is 6.55. The number of carbonyl (C=O) groups excluding carboxylic acids is 2. The Kier molecular flexibility index (Phi) is 37.6. The van der Waals surface area contributed by atoms with Crippen LogP contribution in [0.15, 0.2) is 60.8 Å². The zero-order valence-corrected chi connectivity index (χ0v) is 38.0. The van der Waals surface area contributed by atoms with E-state index in [0.717, 1.165) is 64.2 Å². The lowest BCUT2D eigenvalue weighted by atomic mass is 10.0. The first-order chi connectivity index (χ1) is 27.5. The molecule has 10 heteroatoms. The fourth-order valence-electron chi connectivity index (χ4n) is 5.80. The number of likely N-dealkylation sites (N-methyl/N-ethyl adjacent to an activating group) is 1. The molecular formula is C47H85NO8P+. The summed E-state index contributed by atoms with van der Waals surface area (Å²) in [6.45, 7) is 4.27. The largest absolute Gasteiger partial charge is 0.472 e. The van der Waals surface area contributed by atoms with Gasteiger partial charge >= 0.3 is 19.8 Å². The number of rotatable bonds is 40. The third kappa shape index (κ3) is 43.1. The van der Waals surface area contributed by atoms with Gasteiger partial charge in [0.05, 0.1) is 27.7 Å². The van der Waals surface area contributed by atoms with Crippen molar-refractivity contribution in [2.45, 2.75) is 180 Å². The summed E-state index contributed by atoms with van der Waals surface area (Å²) in [5.74, 6) is -0.836. The highest BCUT2D eigenvalue weighted by Gasteiger charge is 2.27. The highest BCUT2D eigenvalue weighted by atomic mass is 31.2. The molecule has 0 aromatic heterocycles. The molecule has 0 aromatic rings. The molecule has 0 saturated heterocycles. The number of hydrogen-bond acceptors (Lipinski definition) is 7. The smallest absolute Gasteiger partial charge is 0.462 e. The van der Waals surface area contributed by atoms with E-state index in [0.29, 0.717) is 23.9 Å². The Labute approximate surface area is 349 Å². The molecule has 0 radical (unpaired) electrons. The number of esters is 2. The number of phosphoric acid groups is 1. The predicted molar refractivity (Wildman–Crippen MR) is 238 cm³/mol. The number of ether oxygens (including phenoxy) is 2. The van der Waals surface area contributed by atoms with E-state index in [-0.39, 0.29) is 26.1 Å². The van der Waals surface area contributed by atoms with E-state index in [2.05, 4.69) is 74.6 Å². The number of allylic oxidation sites excluding steroid dienone is 10. The summed E-state index contributed by atoms with van der Waals surface area (Å²) in [6, 6.07) is 0. The van der Waals surface area contributed by atoms with Crippen molar-refractivity contribution >= 4 is 19.8 Å². The van der Waals surface area contributed by atoms with Crippen molar-refractivity contribution < 1.29 is 42.1 Å². The third-order valence-corrected chi connectivity index (χ3v) is 10.3. The topological polar surface area (TPSA) is 108 Å². The summed E-state index contributed by atoms with van der Waals surface area (Å²) in [4.78, 5) is 35.4. The van der Waals surface area contributed by atoms with Crippen molar-refractivity contribution in [3.05, 3.63) is 60.8 Å². The van der Waals surface area contributed by atoms with E-state index >= 15 is 0 Å². The minimum atomic E-state index is -4.38. The average Bonchev–Trinajstić information content (AvgIpc) is 3.16. The van der Waals surface area contributed by atoms with Gasteiger partial charge in [-0.15, -0.1) is 0 Å². The highest BCUT2D eigenvalue weighted by Crippen LogP contribution is 2.43.